The van der Waals surface area contributed by atoms with E-state index in [4.69, 9.17) is 0 Å². The summed E-state index contributed by atoms with van der Waals surface area (Å²) in [7, 11) is 0. The highest BCUT2D eigenvalue weighted by atomic mass is 35.5. The number of aromatic nitrogens is 2. The second-order valence-electron chi connectivity index (χ2n) is 5.76. The normalized spacial score (nSPS) is 16.9. The molecule has 0 radical (unpaired) electrons. The average molecular weight is 399 g/mol. The highest BCUT2D eigenvalue weighted by molar-refractivity contribution is 8.03. The van der Waals surface area contributed by atoms with Gasteiger partial charge >= 0.3 is 0 Å². The van der Waals surface area contributed by atoms with Gasteiger partial charge < -0.3 is 10.6 Å². The van der Waals surface area contributed by atoms with Crippen LogP contribution in [0.2, 0.25) is 0 Å². The van der Waals surface area contributed by atoms with Crippen LogP contribution in [0.4, 0.5) is 0 Å². The number of allylic oxidation sites excluding steroid dienone is 1. The number of carbonyl (C=O) groups excluding carboxylic acids is 1. The number of nitrogens with zero attached hydrogens (tertiary/aromatic N) is 2. The lowest BCUT2D eigenvalue weighted by Gasteiger charge is -2.23. The van der Waals surface area contributed by atoms with Crippen molar-refractivity contribution < 1.29 is 4.79 Å². The van der Waals surface area contributed by atoms with E-state index in [2.05, 4.69) is 32.2 Å². The fourth-order valence-electron chi connectivity index (χ4n) is 2.96. The van der Waals surface area contributed by atoms with E-state index >= 15 is 0 Å². The van der Waals surface area contributed by atoms with Crippen LogP contribution < -0.4 is 10.6 Å². The van der Waals surface area contributed by atoms with Gasteiger partial charge in [-0.15, -0.1) is 24.8 Å². The number of hydrogen-bond acceptors (Lipinski definition) is 4. The molecule has 25 heavy (non-hydrogen) atoms. The first-order chi connectivity index (χ1) is 11.3. The first-order valence-electron chi connectivity index (χ1n) is 7.85. The summed E-state index contributed by atoms with van der Waals surface area (Å²) in [5.41, 5.74) is 2.00. The number of imidazole rings is 1. The molecule has 2 aromatic heterocycles. The summed E-state index contributed by atoms with van der Waals surface area (Å²) in [5.74, 6) is -0.0179. The fourth-order valence-corrected chi connectivity index (χ4v) is 3.96. The molecule has 0 bridgehead atoms. The van der Waals surface area contributed by atoms with E-state index in [1.54, 1.807) is 17.8 Å². The van der Waals surface area contributed by atoms with Gasteiger partial charge in [-0.05, 0) is 50.2 Å². The molecule has 1 fully saturated rings. The zero-order chi connectivity index (χ0) is 15.6. The Morgan fingerprint density at radius 3 is 2.92 bits per heavy atom. The Labute approximate surface area is 163 Å². The predicted molar refractivity (Wildman–Crippen MR) is 107 cm³/mol. The summed E-state index contributed by atoms with van der Waals surface area (Å²) in [6, 6.07) is 6.36. The van der Waals surface area contributed by atoms with Gasteiger partial charge in [-0.25, -0.2) is 4.98 Å². The maximum atomic E-state index is 12.1. The van der Waals surface area contributed by atoms with Crippen LogP contribution in [-0.2, 0) is 4.79 Å². The second-order valence-corrected chi connectivity index (χ2v) is 6.85. The van der Waals surface area contributed by atoms with Crippen LogP contribution >= 0.6 is 36.6 Å². The number of pyridine rings is 1. The van der Waals surface area contributed by atoms with Crippen molar-refractivity contribution in [3.63, 3.8) is 0 Å². The van der Waals surface area contributed by atoms with E-state index in [1.807, 2.05) is 24.4 Å². The van der Waals surface area contributed by atoms with Crippen LogP contribution in [-0.4, -0.2) is 34.4 Å². The van der Waals surface area contributed by atoms with E-state index in [-0.39, 0.29) is 36.8 Å². The molecule has 5 nitrogen and oxygen atoms in total. The van der Waals surface area contributed by atoms with Crippen LogP contribution in [0.25, 0.3) is 11.7 Å². The van der Waals surface area contributed by atoms with Gasteiger partial charge in [-0.2, -0.15) is 0 Å². The van der Waals surface area contributed by atoms with E-state index in [9.17, 15) is 4.79 Å². The van der Waals surface area contributed by atoms with Gasteiger partial charge in [-0.3, -0.25) is 9.20 Å². The Morgan fingerprint density at radius 2 is 2.12 bits per heavy atom. The van der Waals surface area contributed by atoms with Gasteiger partial charge in [-0.1, -0.05) is 17.8 Å². The van der Waals surface area contributed by atoms with Crippen LogP contribution in [0.5, 0.6) is 0 Å². The van der Waals surface area contributed by atoms with Crippen molar-refractivity contribution >= 4 is 54.2 Å². The quantitative estimate of drug-likeness (QED) is 0.779. The van der Waals surface area contributed by atoms with Crippen molar-refractivity contribution in [2.45, 2.75) is 23.9 Å². The second kappa shape index (κ2) is 8.76. The first-order valence-corrected chi connectivity index (χ1v) is 8.66. The number of hydrogen-bond donors (Lipinski definition) is 2. The molecule has 2 N–H and O–H groups in total. The maximum absolute atomic E-state index is 12.1. The van der Waals surface area contributed by atoms with E-state index < -0.39 is 0 Å². The smallest absolute Gasteiger partial charge is 0.244 e. The van der Waals surface area contributed by atoms with Crippen molar-refractivity contribution in [3.8, 4) is 0 Å². The van der Waals surface area contributed by atoms with E-state index in [0.717, 1.165) is 47.2 Å². The molecule has 2 aromatic rings. The number of amides is 1. The Balaban J connectivity index is 0.00000113. The van der Waals surface area contributed by atoms with Crippen LogP contribution in [0, 0.1) is 0 Å². The molecule has 1 amide bonds. The number of piperidine rings is 1. The summed E-state index contributed by atoms with van der Waals surface area (Å²) in [5, 5.41) is 7.49. The third-order valence-corrected chi connectivity index (χ3v) is 5.14. The van der Waals surface area contributed by atoms with Crippen molar-refractivity contribution in [3.05, 3.63) is 47.1 Å². The van der Waals surface area contributed by atoms with Crippen molar-refractivity contribution in [1.29, 1.82) is 0 Å². The lowest BCUT2D eigenvalue weighted by Crippen LogP contribution is -2.42. The minimum Gasteiger partial charge on any atom is -0.350 e. The molecule has 2 aliphatic rings. The third-order valence-electron chi connectivity index (χ3n) is 4.12. The Bertz CT molecular complexity index is 812. The van der Waals surface area contributed by atoms with Crippen molar-refractivity contribution in [1.82, 2.24) is 20.0 Å². The third kappa shape index (κ3) is 4.39. The van der Waals surface area contributed by atoms with Crippen molar-refractivity contribution in [2.75, 3.05) is 13.1 Å². The maximum Gasteiger partial charge on any atom is 0.244 e. The Hall–Kier alpha value is -1.47. The number of nitrogens with one attached hydrogen (secondary N) is 2. The van der Waals surface area contributed by atoms with Gasteiger partial charge in [0, 0.05) is 17.0 Å². The molecule has 0 unspecified atom stereocenters. The van der Waals surface area contributed by atoms with Crippen LogP contribution in [0.3, 0.4) is 0 Å². The highest BCUT2D eigenvalue weighted by Gasteiger charge is 2.15. The largest absolute Gasteiger partial charge is 0.350 e. The molecule has 0 spiro atoms. The molecule has 0 saturated carbocycles. The molecule has 0 atom stereocenters. The van der Waals surface area contributed by atoms with Gasteiger partial charge in [0.25, 0.3) is 0 Å². The molecule has 4 rings (SSSR count). The van der Waals surface area contributed by atoms with Crippen LogP contribution in [0.1, 0.15) is 18.5 Å². The minimum atomic E-state index is -0.0179. The van der Waals surface area contributed by atoms with E-state index in [0.29, 0.717) is 0 Å². The molecule has 8 heteroatoms. The summed E-state index contributed by atoms with van der Waals surface area (Å²) in [6.45, 7) is 1.95. The number of carbonyl (C=O) groups is 1. The first kappa shape index (κ1) is 19.8. The molecule has 134 valence electrons. The Morgan fingerprint density at radius 1 is 1.32 bits per heavy atom. The zero-order valence-corrected chi connectivity index (χ0v) is 15.9. The van der Waals surface area contributed by atoms with Gasteiger partial charge in [0.2, 0.25) is 5.91 Å². The van der Waals surface area contributed by atoms with Gasteiger partial charge in [0.1, 0.15) is 5.65 Å². The topological polar surface area (TPSA) is 58.4 Å². The molecular weight excluding hydrogens is 379 g/mol. The average Bonchev–Trinajstić information content (AvgIpc) is 2.99. The summed E-state index contributed by atoms with van der Waals surface area (Å²) in [4.78, 5) is 17.5. The molecule has 0 aliphatic carbocycles. The Kier molecular flexibility index (Phi) is 6.95. The van der Waals surface area contributed by atoms with E-state index in [1.165, 1.54) is 0 Å². The zero-order valence-electron chi connectivity index (χ0n) is 13.5. The molecule has 1 saturated heterocycles. The monoisotopic (exact) mass is 398 g/mol. The standard InChI is InChI=1S/C17H18N4OS.2ClH/c22-16(20-12-6-8-18-9-7-12)5-4-14-10-13-11-19-15-2-1-3-17(23-14)21(13)15;;/h1-5,10-12,18H,6-9H2,(H,20,22);2*1H/b5-4-;;. The fraction of sp³-hybridized carbons (Fsp3) is 0.294. The summed E-state index contributed by atoms with van der Waals surface area (Å²) < 4.78 is 2.12. The molecule has 2 aliphatic heterocycles. The van der Waals surface area contributed by atoms with Crippen molar-refractivity contribution in [2.24, 2.45) is 0 Å². The summed E-state index contributed by atoms with van der Waals surface area (Å²) >= 11 is 1.65. The SMILES string of the molecule is Cl.Cl.O=C(/C=C\C1=Cc2cnc3cccc(n23)S1)NC1CCNCC1. The number of thioether (sulfide) groups is 1. The number of rotatable bonds is 3. The predicted octanol–water partition coefficient (Wildman–Crippen LogP) is 3.05. The lowest BCUT2D eigenvalue weighted by molar-refractivity contribution is -0.117. The van der Waals surface area contributed by atoms with Gasteiger partial charge in [0.05, 0.1) is 16.9 Å². The number of halogens is 2. The minimum absolute atomic E-state index is 0. The molecule has 4 heterocycles. The lowest BCUT2D eigenvalue weighted by atomic mass is 10.1. The van der Waals surface area contributed by atoms with Gasteiger partial charge in [0.15, 0.2) is 0 Å². The highest BCUT2D eigenvalue weighted by Crippen LogP contribution is 2.34. The molecular formula is C17H20Cl2N4OS. The molecule has 0 aromatic carbocycles. The van der Waals surface area contributed by atoms with Crippen LogP contribution in [0.15, 0.2) is 46.5 Å². The summed E-state index contributed by atoms with van der Waals surface area (Å²) in [6.07, 6.45) is 9.44.